The lowest BCUT2D eigenvalue weighted by Crippen LogP contribution is -2.28. The fraction of sp³-hybridized carbons (Fsp3) is 0.417. The number of nitrogens with one attached hydrogen (secondary N) is 2. The van der Waals surface area contributed by atoms with Crippen molar-refractivity contribution in [1.82, 2.24) is 14.7 Å². The molecule has 8 heteroatoms. The summed E-state index contributed by atoms with van der Waals surface area (Å²) in [6.45, 7) is 4.11. The summed E-state index contributed by atoms with van der Waals surface area (Å²) >= 11 is 1.21. The zero-order valence-electron chi connectivity index (χ0n) is 11.4. The first kappa shape index (κ1) is 15.2. The van der Waals surface area contributed by atoms with Gasteiger partial charge in [0.05, 0.1) is 6.04 Å². The molecule has 0 spiro atoms. The van der Waals surface area contributed by atoms with Crippen molar-refractivity contribution in [3.8, 4) is 0 Å². The average Bonchev–Trinajstić information content (AvgIpc) is 3.05. The summed E-state index contributed by atoms with van der Waals surface area (Å²) in [5.41, 5.74) is 6.50. The van der Waals surface area contributed by atoms with Gasteiger partial charge in [-0.1, -0.05) is 6.92 Å². The highest BCUT2D eigenvalue weighted by Gasteiger charge is 2.24. The zero-order chi connectivity index (χ0) is 14.8. The summed E-state index contributed by atoms with van der Waals surface area (Å²) in [4.78, 5) is 7.93. The van der Waals surface area contributed by atoms with E-state index in [-0.39, 0.29) is 6.04 Å². The molecule has 0 aliphatic heterocycles. The van der Waals surface area contributed by atoms with Crippen molar-refractivity contribution in [2.75, 3.05) is 0 Å². The van der Waals surface area contributed by atoms with Crippen LogP contribution in [0.2, 0.25) is 0 Å². The molecule has 0 fully saturated rings. The highest BCUT2D eigenvalue weighted by molar-refractivity contribution is 7.91. The minimum absolute atomic E-state index is 0.292. The Bertz CT molecular complexity index is 662. The number of hydrogen-bond donors (Lipinski definition) is 3. The van der Waals surface area contributed by atoms with E-state index < -0.39 is 10.0 Å². The first-order valence-electron chi connectivity index (χ1n) is 6.29. The van der Waals surface area contributed by atoms with Gasteiger partial charge in [0.25, 0.3) is 10.0 Å². The lowest BCUT2D eigenvalue weighted by atomic mass is 10.2. The molecule has 20 heavy (non-hydrogen) atoms. The van der Waals surface area contributed by atoms with E-state index in [4.69, 9.17) is 5.73 Å². The molecule has 0 aliphatic rings. The maximum absolute atomic E-state index is 12.4. The molecule has 110 valence electrons. The van der Waals surface area contributed by atoms with E-state index in [1.165, 1.54) is 11.3 Å². The number of rotatable bonds is 6. The minimum Gasteiger partial charge on any atom is -0.347 e. The van der Waals surface area contributed by atoms with Gasteiger partial charge >= 0.3 is 0 Å². The maximum Gasteiger partial charge on any atom is 0.250 e. The Morgan fingerprint density at radius 3 is 2.80 bits per heavy atom. The quantitative estimate of drug-likeness (QED) is 0.755. The first-order chi connectivity index (χ1) is 9.47. The molecule has 0 saturated carbocycles. The average molecular weight is 314 g/mol. The Morgan fingerprint density at radius 1 is 1.55 bits per heavy atom. The van der Waals surface area contributed by atoms with Crippen LogP contribution in [0, 0.1) is 6.92 Å². The molecule has 2 rings (SSSR count). The highest BCUT2D eigenvalue weighted by atomic mass is 32.2. The summed E-state index contributed by atoms with van der Waals surface area (Å²) in [5.74, 6) is 0.614. The van der Waals surface area contributed by atoms with E-state index in [9.17, 15) is 8.42 Å². The first-order valence-corrected chi connectivity index (χ1v) is 8.59. The van der Waals surface area contributed by atoms with Crippen LogP contribution in [0.3, 0.4) is 0 Å². The molecule has 2 heterocycles. The van der Waals surface area contributed by atoms with Crippen LogP contribution in [-0.4, -0.2) is 18.4 Å². The largest absolute Gasteiger partial charge is 0.347 e. The summed E-state index contributed by atoms with van der Waals surface area (Å²) in [5, 5.41) is 0. The van der Waals surface area contributed by atoms with Crippen molar-refractivity contribution >= 4 is 21.4 Å². The van der Waals surface area contributed by atoms with Crippen molar-refractivity contribution in [2.45, 2.75) is 37.1 Å². The van der Waals surface area contributed by atoms with E-state index in [0.717, 1.165) is 10.4 Å². The van der Waals surface area contributed by atoms with Crippen molar-refractivity contribution in [3.05, 3.63) is 34.7 Å². The number of nitrogens with two attached hydrogens (primary N) is 1. The molecule has 0 bridgehead atoms. The predicted molar refractivity (Wildman–Crippen MR) is 78.9 cm³/mol. The SMILES string of the molecule is CCC(NS(=O)(=O)c1cc(C)c(CN)s1)c1ncc[nH]1. The van der Waals surface area contributed by atoms with Gasteiger partial charge in [0.2, 0.25) is 0 Å². The number of aromatic amines is 1. The third-order valence-corrected chi connectivity index (χ3v) is 6.21. The lowest BCUT2D eigenvalue weighted by Gasteiger charge is -2.13. The van der Waals surface area contributed by atoms with Gasteiger partial charge in [-0.05, 0) is 25.0 Å². The number of hydrogen-bond acceptors (Lipinski definition) is 5. The van der Waals surface area contributed by atoms with Gasteiger partial charge in [0.1, 0.15) is 10.0 Å². The number of sulfonamides is 1. The van der Waals surface area contributed by atoms with Crippen LogP contribution in [0.25, 0.3) is 0 Å². The molecule has 0 aromatic carbocycles. The number of nitrogens with zero attached hydrogens (tertiary/aromatic N) is 1. The Labute approximate surface area is 122 Å². The Balaban J connectivity index is 2.25. The van der Waals surface area contributed by atoms with E-state index in [1.54, 1.807) is 18.5 Å². The van der Waals surface area contributed by atoms with Crippen LogP contribution in [0.15, 0.2) is 22.7 Å². The van der Waals surface area contributed by atoms with Gasteiger partial charge in [-0.3, -0.25) is 0 Å². The van der Waals surface area contributed by atoms with E-state index in [0.29, 0.717) is 23.0 Å². The standard InChI is InChI=1S/C12H18N4O2S2/c1-3-9(12-14-4-5-15-12)16-20(17,18)11-6-8(2)10(7-13)19-11/h4-6,9,16H,3,7,13H2,1-2H3,(H,14,15). The molecule has 1 unspecified atom stereocenters. The van der Waals surface area contributed by atoms with Crippen LogP contribution in [-0.2, 0) is 16.6 Å². The monoisotopic (exact) mass is 314 g/mol. The van der Waals surface area contributed by atoms with Gasteiger partial charge < -0.3 is 10.7 Å². The summed E-state index contributed by atoms with van der Waals surface area (Å²) < 4.78 is 27.8. The molecule has 1 atom stereocenters. The van der Waals surface area contributed by atoms with Crippen molar-refractivity contribution in [2.24, 2.45) is 5.73 Å². The van der Waals surface area contributed by atoms with Gasteiger partial charge in [-0.2, -0.15) is 4.72 Å². The van der Waals surface area contributed by atoms with Crippen molar-refractivity contribution in [1.29, 1.82) is 0 Å². The van der Waals surface area contributed by atoms with Crippen LogP contribution in [0.5, 0.6) is 0 Å². The maximum atomic E-state index is 12.4. The highest BCUT2D eigenvalue weighted by Crippen LogP contribution is 2.27. The van der Waals surface area contributed by atoms with E-state index in [2.05, 4.69) is 14.7 Å². The smallest absolute Gasteiger partial charge is 0.250 e. The molecule has 2 aromatic heterocycles. The Kier molecular flexibility index (Phi) is 4.59. The number of aromatic nitrogens is 2. The van der Waals surface area contributed by atoms with Gasteiger partial charge in [-0.15, -0.1) is 11.3 Å². The third kappa shape index (κ3) is 3.09. The molecule has 2 aromatic rings. The zero-order valence-corrected chi connectivity index (χ0v) is 13.0. The molecular formula is C12H18N4O2S2. The third-order valence-electron chi connectivity index (χ3n) is 3.00. The fourth-order valence-electron chi connectivity index (χ4n) is 1.87. The van der Waals surface area contributed by atoms with Gasteiger partial charge in [0.15, 0.2) is 0 Å². The van der Waals surface area contributed by atoms with Crippen LogP contribution in [0.4, 0.5) is 0 Å². The molecule has 4 N–H and O–H groups in total. The van der Waals surface area contributed by atoms with Crippen LogP contribution < -0.4 is 10.5 Å². The van der Waals surface area contributed by atoms with Crippen LogP contribution >= 0.6 is 11.3 Å². The topological polar surface area (TPSA) is 101 Å². The molecule has 0 saturated heterocycles. The minimum atomic E-state index is -3.56. The van der Waals surface area contributed by atoms with Gasteiger partial charge in [-0.25, -0.2) is 13.4 Å². The van der Waals surface area contributed by atoms with Crippen molar-refractivity contribution < 1.29 is 8.42 Å². The summed E-state index contributed by atoms with van der Waals surface area (Å²) in [6.07, 6.45) is 3.89. The van der Waals surface area contributed by atoms with Crippen molar-refractivity contribution in [3.63, 3.8) is 0 Å². The van der Waals surface area contributed by atoms with Crippen LogP contribution in [0.1, 0.15) is 35.7 Å². The molecule has 0 radical (unpaired) electrons. The molecular weight excluding hydrogens is 296 g/mol. The Morgan fingerprint density at radius 2 is 2.30 bits per heavy atom. The second-order valence-electron chi connectivity index (χ2n) is 4.43. The fourth-order valence-corrected chi connectivity index (χ4v) is 4.64. The number of imidazole rings is 1. The number of thiophene rings is 1. The molecule has 0 amide bonds. The Hall–Kier alpha value is -1.22. The normalized spacial score (nSPS) is 13.6. The molecule has 0 aliphatic carbocycles. The summed E-state index contributed by atoms with van der Waals surface area (Å²) in [6, 6.07) is 1.29. The van der Waals surface area contributed by atoms with Gasteiger partial charge in [0, 0.05) is 23.8 Å². The van der Waals surface area contributed by atoms with E-state index >= 15 is 0 Å². The second-order valence-corrected chi connectivity index (χ2v) is 7.51. The second kappa shape index (κ2) is 6.04. The number of H-pyrrole nitrogens is 1. The van der Waals surface area contributed by atoms with E-state index in [1.807, 2.05) is 13.8 Å². The molecule has 6 nitrogen and oxygen atoms in total. The predicted octanol–water partition coefficient (Wildman–Crippen LogP) is 1.67. The lowest BCUT2D eigenvalue weighted by molar-refractivity contribution is 0.541. The number of aryl methyl sites for hydroxylation is 1. The summed E-state index contributed by atoms with van der Waals surface area (Å²) in [7, 11) is -3.56.